The van der Waals surface area contributed by atoms with Gasteiger partial charge in [-0.3, -0.25) is 4.79 Å². The van der Waals surface area contributed by atoms with Crippen molar-refractivity contribution >= 4 is 44.5 Å². The van der Waals surface area contributed by atoms with Gasteiger partial charge in [0.15, 0.2) is 0 Å². The van der Waals surface area contributed by atoms with Crippen LogP contribution in [0.3, 0.4) is 0 Å². The van der Waals surface area contributed by atoms with Gasteiger partial charge in [-0.25, -0.2) is 4.98 Å². The Hall–Kier alpha value is -0.720. The number of hydrogen-bond acceptors (Lipinski definition) is 4. The molecule has 0 bridgehead atoms. The molecule has 0 atom stereocenters. The first-order chi connectivity index (χ1) is 7.27. The zero-order chi connectivity index (χ0) is 10.7. The lowest BCUT2D eigenvalue weighted by Gasteiger charge is -2.00. The first-order valence-electron chi connectivity index (χ1n) is 4.17. The molecule has 1 N–H and O–H groups in total. The van der Waals surface area contributed by atoms with Gasteiger partial charge in [0.05, 0.1) is 6.54 Å². The Labute approximate surface area is 103 Å². The molecule has 3 nitrogen and oxygen atoms in total. The molecular formula is C9H7BrN2OS2. The van der Waals surface area contributed by atoms with E-state index in [2.05, 4.69) is 26.2 Å². The van der Waals surface area contributed by atoms with E-state index in [0.29, 0.717) is 11.4 Å². The fourth-order valence-corrected chi connectivity index (χ4v) is 3.06. The monoisotopic (exact) mass is 302 g/mol. The van der Waals surface area contributed by atoms with E-state index in [1.807, 2.05) is 16.8 Å². The third kappa shape index (κ3) is 2.64. The van der Waals surface area contributed by atoms with Crippen LogP contribution in [-0.2, 0) is 6.54 Å². The fraction of sp³-hybridized carbons (Fsp3) is 0.111. The topological polar surface area (TPSA) is 42.0 Å². The quantitative estimate of drug-likeness (QED) is 0.947. The molecule has 15 heavy (non-hydrogen) atoms. The Morgan fingerprint density at radius 3 is 2.93 bits per heavy atom. The number of halogens is 1. The summed E-state index contributed by atoms with van der Waals surface area (Å²) < 4.78 is 0.837. The number of thiazole rings is 1. The minimum atomic E-state index is -0.0629. The number of rotatable bonds is 3. The standard InChI is InChI=1S/C9H7BrN2OS2/c10-6-1-3-15-8(6)9(13)12-5-7-11-2-4-14-7/h1-4H,5H2,(H,12,13). The van der Waals surface area contributed by atoms with E-state index in [1.165, 1.54) is 22.7 Å². The molecule has 0 unspecified atom stereocenters. The van der Waals surface area contributed by atoms with Gasteiger partial charge in [-0.15, -0.1) is 22.7 Å². The van der Waals surface area contributed by atoms with E-state index in [0.717, 1.165) is 9.48 Å². The SMILES string of the molecule is O=C(NCc1nccs1)c1sccc1Br. The van der Waals surface area contributed by atoms with Crippen LogP contribution in [0.2, 0.25) is 0 Å². The van der Waals surface area contributed by atoms with Crippen molar-refractivity contribution in [2.45, 2.75) is 6.54 Å². The Morgan fingerprint density at radius 2 is 2.33 bits per heavy atom. The number of amides is 1. The summed E-state index contributed by atoms with van der Waals surface area (Å²) in [6, 6.07) is 1.86. The van der Waals surface area contributed by atoms with Gasteiger partial charge in [0.2, 0.25) is 0 Å². The average Bonchev–Trinajstić information content (AvgIpc) is 2.84. The van der Waals surface area contributed by atoms with Gasteiger partial charge in [0, 0.05) is 16.0 Å². The number of carbonyl (C=O) groups is 1. The third-order valence-corrected chi connectivity index (χ3v) is 4.32. The molecule has 2 rings (SSSR count). The van der Waals surface area contributed by atoms with Crippen molar-refractivity contribution in [2.75, 3.05) is 0 Å². The van der Waals surface area contributed by atoms with Crippen LogP contribution >= 0.6 is 38.6 Å². The predicted octanol–water partition coefficient (Wildman–Crippen LogP) is 2.90. The van der Waals surface area contributed by atoms with Crippen LogP contribution in [0, 0.1) is 0 Å². The lowest BCUT2D eigenvalue weighted by molar-refractivity contribution is 0.0954. The van der Waals surface area contributed by atoms with E-state index in [4.69, 9.17) is 0 Å². The van der Waals surface area contributed by atoms with E-state index in [1.54, 1.807) is 6.20 Å². The summed E-state index contributed by atoms with van der Waals surface area (Å²) in [5.74, 6) is -0.0629. The second-order valence-corrected chi connectivity index (χ2v) is 5.46. The van der Waals surface area contributed by atoms with Gasteiger partial charge >= 0.3 is 0 Å². The first-order valence-corrected chi connectivity index (χ1v) is 6.72. The molecule has 2 aromatic heterocycles. The van der Waals surface area contributed by atoms with E-state index in [-0.39, 0.29) is 5.91 Å². The van der Waals surface area contributed by atoms with Gasteiger partial charge < -0.3 is 5.32 Å². The highest BCUT2D eigenvalue weighted by atomic mass is 79.9. The van der Waals surface area contributed by atoms with Crippen molar-refractivity contribution in [2.24, 2.45) is 0 Å². The fourth-order valence-electron chi connectivity index (χ4n) is 1.03. The van der Waals surface area contributed by atoms with Crippen LogP contribution < -0.4 is 5.32 Å². The summed E-state index contributed by atoms with van der Waals surface area (Å²) in [5, 5.41) is 7.50. The normalized spacial score (nSPS) is 10.2. The molecule has 0 aromatic carbocycles. The van der Waals surface area contributed by atoms with Gasteiger partial charge in [0.1, 0.15) is 9.88 Å². The van der Waals surface area contributed by atoms with Crippen molar-refractivity contribution in [3.05, 3.63) is 37.4 Å². The number of nitrogens with one attached hydrogen (secondary N) is 1. The van der Waals surface area contributed by atoms with E-state index >= 15 is 0 Å². The van der Waals surface area contributed by atoms with Crippen LogP contribution in [0.15, 0.2) is 27.5 Å². The predicted molar refractivity (Wildman–Crippen MR) is 65.3 cm³/mol. The molecule has 0 aliphatic rings. The smallest absolute Gasteiger partial charge is 0.262 e. The molecule has 0 radical (unpaired) electrons. The van der Waals surface area contributed by atoms with Crippen LogP contribution in [0.25, 0.3) is 0 Å². The van der Waals surface area contributed by atoms with Crippen molar-refractivity contribution in [1.29, 1.82) is 0 Å². The van der Waals surface area contributed by atoms with Crippen LogP contribution in [0.5, 0.6) is 0 Å². The highest BCUT2D eigenvalue weighted by molar-refractivity contribution is 9.10. The molecule has 0 spiro atoms. The van der Waals surface area contributed by atoms with Crippen LogP contribution in [0.1, 0.15) is 14.7 Å². The van der Waals surface area contributed by atoms with E-state index < -0.39 is 0 Å². The number of aromatic nitrogens is 1. The summed E-state index contributed by atoms with van der Waals surface area (Å²) in [6.07, 6.45) is 1.73. The summed E-state index contributed by atoms with van der Waals surface area (Å²) >= 11 is 6.27. The molecule has 0 aliphatic carbocycles. The number of nitrogens with zero attached hydrogens (tertiary/aromatic N) is 1. The highest BCUT2D eigenvalue weighted by Gasteiger charge is 2.10. The lowest BCUT2D eigenvalue weighted by atomic mass is 10.4. The lowest BCUT2D eigenvalue weighted by Crippen LogP contribution is -2.21. The van der Waals surface area contributed by atoms with Crippen molar-refractivity contribution < 1.29 is 4.79 Å². The molecule has 0 fully saturated rings. The Kier molecular flexibility index (Phi) is 3.50. The minimum Gasteiger partial charge on any atom is -0.345 e. The molecular weight excluding hydrogens is 296 g/mol. The molecule has 6 heteroatoms. The maximum atomic E-state index is 11.7. The Morgan fingerprint density at radius 1 is 1.47 bits per heavy atom. The van der Waals surface area contributed by atoms with Gasteiger partial charge in [0.25, 0.3) is 5.91 Å². The van der Waals surface area contributed by atoms with Gasteiger partial charge in [-0.2, -0.15) is 0 Å². The maximum absolute atomic E-state index is 11.7. The third-order valence-electron chi connectivity index (χ3n) is 1.71. The highest BCUT2D eigenvalue weighted by Crippen LogP contribution is 2.22. The van der Waals surface area contributed by atoms with E-state index in [9.17, 15) is 4.79 Å². The zero-order valence-corrected chi connectivity index (χ0v) is 10.8. The molecule has 0 aliphatic heterocycles. The first kappa shape index (κ1) is 10.8. The van der Waals surface area contributed by atoms with Gasteiger partial charge in [-0.1, -0.05) is 0 Å². The van der Waals surface area contributed by atoms with Crippen LogP contribution in [-0.4, -0.2) is 10.9 Å². The maximum Gasteiger partial charge on any atom is 0.262 e. The Bertz CT molecular complexity index is 452. The van der Waals surface area contributed by atoms with Crippen molar-refractivity contribution in [3.8, 4) is 0 Å². The Balaban J connectivity index is 1.96. The number of hydrogen-bond donors (Lipinski definition) is 1. The second-order valence-electron chi connectivity index (χ2n) is 2.71. The average molecular weight is 303 g/mol. The van der Waals surface area contributed by atoms with Crippen molar-refractivity contribution in [3.63, 3.8) is 0 Å². The summed E-state index contributed by atoms with van der Waals surface area (Å²) in [5.41, 5.74) is 0. The molecule has 78 valence electrons. The molecule has 0 saturated carbocycles. The van der Waals surface area contributed by atoms with Gasteiger partial charge in [-0.05, 0) is 27.4 Å². The summed E-state index contributed by atoms with van der Waals surface area (Å²) in [6.45, 7) is 0.487. The summed E-state index contributed by atoms with van der Waals surface area (Å²) in [4.78, 5) is 16.5. The molecule has 2 aromatic rings. The minimum absolute atomic E-state index is 0.0629. The number of carbonyl (C=O) groups excluding carboxylic acids is 1. The molecule has 1 amide bonds. The number of thiophene rings is 1. The molecule has 2 heterocycles. The molecule has 0 saturated heterocycles. The zero-order valence-electron chi connectivity index (χ0n) is 7.57. The summed E-state index contributed by atoms with van der Waals surface area (Å²) in [7, 11) is 0. The van der Waals surface area contributed by atoms with Crippen molar-refractivity contribution in [1.82, 2.24) is 10.3 Å². The van der Waals surface area contributed by atoms with Crippen LogP contribution in [0.4, 0.5) is 0 Å². The largest absolute Gasteiger partial charge is 0.345 e. The second kappa shape index (κ2) is 4.87.